The number of carbonyl (C=O) groups is 4. The Labute approximate surface area is 199 Å². The van der Waals surface area contributed by atoms with E-state index in [1.165, 1.54) is 24.3 Å². The lowest BCUT2D eigenvalue weighted by Gasteiger charge is -2.34. The second-order valence-electron chi connectivity index (χ2n) is 7.79. The summed E-state index contributed by atoms with van der Waals surface area (Å²) in [5.74, 6) is -4.77. The zero-order valence-corrected chi connectivity index (χ0v) is 19.9. The van der Waals surface area contributed by atoms with Crippen molar-refractivity contribution in [1.29, 1.82) is 0 Å². The molecule has 0 saturated carbocycles. The van der Waals surface area contributed by atoms with Crippen molar-refractivity contribution < 1.29 is 43.0 Å². The molecule has 10 heteroatoms. The maximum absolute atomic E-state index is 13.0. The molecule has 0 aliphatic carbocycles. The van der Waals surface area contributed by atoms with Gasteiger partial charge in [-0.25, -0.2) is 19.2 Å². The number of benzene rings is 2. The maximum Gasteiger partial charge on any atom is 0.362 e. The smallest absolute Gasteiger partial charge is 0.362 e. The number of hydrogen-bond donors (Lipinski definition) is 2. The highest BCUT2D eigenvalue weighted by molar-refractivity contribution is 8.29. The summed E-state index contributed by atoms with van der Waals surface area (Å²) in [5, 5.41) is 19.7. The van der Waals surface area contributed by atoms with Crippen LogP contribution in [0.2, 0.25) is 0 Å². The van der Waals surface area contributed by atoms with Crippen LogP contribution in [0.4, 0.5) is 0 Å². The van der Waals surface area contributed by atoms with Gasteiger partial charge in [-0.3, -0.25) is 0 Å². The minimum Gasteiger partial charge on any atom is -0.478 e. The highest BCUT2D eigenvalue weighted by Crippen LogP contribution is 2.42. The fourth-order valence-electron chi connectivity index (χ4n) is 2.88. The van der Waals surface area contributed by atoms with Crippen LogP contribution in [0.1, 0.15) is 34.1 Å². The van der Waals surface area contributed by atoms with E-state index >= 15 is 0 Å². The molecule has 34 heavy (non-hydrogen) atoms. The van der Waals surface area contributed by atoms with Gasteiger partial charge in [0.15, 0.2) is 0 Å². The van der Waals surface area contributed by atoms with Crippen LogP contribution < -0.4 is 0 Å². The van der Waals surface area contributed by atoms with Crippen LogP contribution in [0, 0.1) is 0 Å². The molecule has 0 aliphatic heterocycles. The summed E-state index contributed by atoms with van der Waals surface area (Å²) >= 11 is 0. The molecule has 0 aromatic heterocycles. The van der Waals surface area contributed by atoms with Crippen LogP contribution in [-0.4, -0.2) is 70.7 Å². The predicted molar refractivity (Wildman–Crippen MR) is 126 cm³/mol. The van der Waals surface area contributed by atoms with Gasteiger partial charge in [0.25, 0.3) is 0 Å². The van der Waals surface area contributed by atoms with Crippen molar-refractivity contribution in [1.82, 2.24) is 0 Å². The molecule has 2 aromatic rings. The number of esters is 2. The van der Waals surface area contributed by atoms with Crippen LogP contribution in [0.25, 0.3) is 0 Å². The van der Waals surface area contributed by atoms with Gasteiger partial charge in [-0.15, -0.1) is 0 Å². The topological polar surface area (TPSA) is 136 Å². The zero-order valence-electron chi connectivity index (χ0n) is 19.1. The van der Waals surface area contributed by atoms with Crippen molar-refractivity contribution in [3.8, 4) is 0 Å². The van der Waals surface area contributed by atoms with E-state index in [-0.39, 0.29) is 16.9 Å². The molecule has 0 spiro atoms. The first-order valence-corrected chi connectivity index (χ1v) is 13.0. The van der Waals surface area contributed by atoms with E-state index in [1.807, 2.05) is 0 Å². The molecular weight excluding hydrogens is 464 g/mol. The summed E-state index contributed by atoms with van der Waals surface area (Å²) < 4.78 is 15.8. The third-order valence-corrected chi connectivity index (χ3v) is 6.41. The lowest BCUT2D eigenvalue weighted by molar-refractivity contribution is -0.164. The molecule has 0 amide bonds. The summed E-state index contributed by atoms with van der Waals surface area (Å²) in [7, 11) is -2.20. The molecule has 0 fully saturated rings. The number of carboxylic acid groups (broad SMARTS) is 1. The summed E-state index contributed by atoms with van der Waals surface area (Å²) in [6.07, 6.45) is -1.36. The number of aliphatic hydroxyl groups excluding tert-OH is 1. The lowest BCUT2D eigenvalue weighted by atomic mass is 10.1. The van der Waals surface area contributed by atoms with Crippen molar-refractivity contribution in [2.75, 3.05) is 18.3 Å². The van der Waals surface area contributed by atoms with Gasteiger partial charge in [0.1, 0.15) is 0 Å². The van der Waals surface area contributed by atoms with Crippen molar-refractivity contribution in [2.24, 2.45) is 0 Å². The van der Waals surface area contributed by atoms with E-state index in [1.54, 1.807) is 55.8 Å². The molecule has 3 unspecified atom stereocenters. The number of aliphatic hydroxyl groups is 1. The number of carboxylic acids is 1. The summed E-state index contributed by atoms with van der Waals surface area (Å²) in [4.78, 5) is 50.2. The van der Waals surface area contributed by atoms with E-state index in [2.05, 4.69) is 0 Å². The first kappa shape index (κ1) is 26.9. The lowest BCUT2D eigenvalue weighted by Crippen LogP contribution is -2.47. The van der Waals surface area contributed by atoms with Crippen LogP contribution in [0.5, 0.6) is 0 Å². The standard InChI is InChI=1S/C24H28O9S/c1-4-18(25)15-34(2,3)33-24(30)20(32-23(29)17-13-9-6-10-14-17)19(21(26)27)31-22(28)16-11-7-5-8-12-16/h5-14,18-20,25H,4,15H2,1-3H3,(H,26,27). The normalized spacial score (nSPS) is 14.2. The van der Waals surface area contributed by atoms with Crippen molar-refractivity contribution >= 4 is 34.2 Å². The monoisotopic (exact) mass is 492 g/mol. The first-order valence-electron chi connectivity index (χ1n) is 10.4. The van der Waals surface area contributed by atoms with Gasteiger partial charge < -0.3 is 23.9 Å². The van der Waals surface area contributed by atoms with Crippen LogP contribution in [-0.2, 0) is 23.2 Å². The van der Waals surface area contributed by atoms with Gasteiger partial charge in [0.2, 0.25) is 12.2 Å². The van der Waals surface area contributed by atoms with Crippen molar-refractivity contribution in [3.05, 3.63) is 71.8 Å². The van der Waals surface area contributed by atoms with Gasteiger partial charge >= 0.3 is 23.9 Å². The Morgan fingerprint density at radius 1 is 0.824 bits per heavy atom. The van der Waals surface area contributed by atoms with Gasteiger partial charge in [0.05, 0.1) is 17.2 Å². The average Bonchev–Trinajstić information content (AvgIpc) is 2.81. The molecule has 0 aliphatic rings. The fraction of sp³-hybridized carbons (Fsp3) is 0.333. The third-order valence-electron chi connectivity index (χ3n) is 4.61. The molecule has 0 heterocycles. The Morgan fingerprint density at radius 3 is 1.68 bits per heavy atom. The molecule has 0 radical (unpaired) electrons. The average molecular weight is 493 g/mol. The third kappa shape index (κ3) is 7.89. The number of rotatable bonds is 11. The highest BCUT2D eigenvalue weighted by Gasteiger charge is 2.43. The number of carbonyl (C=O) groups excluding carboxylic acids is 3. The minimum absolute atomic E-state index is 0.0484. The summed E-state index contributed by atoms with van der Waals surface area (Å²) in [5.41, 5.74) is 0.110. The number of aliphatic carboxylic acids is 1. The molecule has 0 bridgehead atoms. The molecule has 3 atom stereocenters. The Kier molecular flexibility index (Phi) is 9.64. The highest BCUT2D eigenvalue weighted by atomic mass is 32.3. The molecule has 0 saturated heterocycles. The molecular formula is C24H28O9S. The van der Waals surface area contributed by atoms with E-state index in [9.17, 15) is 29.4 Å². The van der Waals surface area contributed by atoms with Crippen LogP contribution in [0.3, 0.4) is 0 Å². The Hall–Kier alpha value is -3.37. The van der Waals surface area contributed by atoms with Gasteiger partial charge in [-0.05, 0) is 43.2 Å². The quantitative estimate of drug-likeness (QED) is 0.454. The van der Waals surface area contributed by atoms with E-state index in [0.717, 1.165) is 0 Å². The largest absolute Gasteiger partial charge is 0.478 e. The summed E-state index contributed by atoms with van der Waals surface area (Å²) in [6.45, 7) is 1.76. The van der Waals surface area contributed by atoms with Crippen LogP contribution in [0.15, 0.2) is 60.7 Å². The van der Waals surface area contributed by atoms with Gasteiger partial charge in [0, 0.05) is 5.75 Å². The van der Waals surface area contributed by atoms with E-state index < -0.39 is 52.5 Å². The Balaban J connectivity index is 2.34. The number of ether oxygens (including phenoxy) is 2. The van der Waals surface area contributed by atoms with Gasteiger partial charge in [-0.2, -0.15) is 0 Å². The van der Waals surface area contributed by atoms with Crippen LogP contribution >= 0.6 is 10.3 Å². The maximum atomic E-state index is 13.0. The molecule has 9 nitrogen and oxygen atoms in total. The zero-order chi connectivity index (χ0) is 25.3. The minimum atomic E-state index is -2.20. The fourth-order valence-corrected chi connectivity index (χ4v) is 4.65. The molecule has 2 N–H and O–H groups in total. The first-order chi connectivity index (χ1) is 16.0. The van der Waals surface area contributed by atoms with Crippen molar-refractivity contribution in [2.45, 2.75) is 31.7 Å². The second-order valence-corrected chi connectivity index (χ2v) is 11.2. The summed E-state index contributed by atoms with van der Waals surface area (Å²) in [6, 6.07) is 15.2. The molecule has 2 rings (SSSR count). The van der Waals surface area contributed by atoms with E-state index in [0.29, 0.717) is 6.42 Å². The molecule has 2 aromatic carbocycles. The SMILES string of the molecule is CCC(O)CS(C)(C)OC(=O)C(OC(=O)c1ccccc1)C(OC(=O)c1ccccc1)C(=O)O. The van der Waals surface area contributed by atoms with E-state index in [4.69, 9.17) is 13.7 Å². The second kappa shape index (κ2) is 12.2. The van der Waals surface area contributed by atoms with Gasteiger partial charge in [-0.1, -0.05) is 53.6 Å². The predicted octanol–water partition coefficient (Wildman–Crippen LogP) is 2.82. The Morgan fingerprint density at radius 2 is 1.26 bits per heavy atom. The van der Waals surface area contributed by atoms with Crippen molar-refractivity contribution in [3.63, 3.8) is 0 Å². The molecule has 184 valence electrons. The Bertz CT molecular complexity index is 992. The number of hydrogen-bond acceptors (Lipinski definition) is 8.